The van der Waals surface area contributed by atoms with Crippen molar-refractivity contribution < 1.29 is 14.7 Å². The normalized spacial score (nSPS) is 12.1. The van der Waals surface area contributed by atoms with Crippen LogP contribution >= 0.6 is 24.0 Å². The molecule has 1 unspecified atom stereocenters. The van der Waals surface area contributed by atoms with E-state index in [2.05, 4.69) is 5.32 Å². The van der Waals surface area contributed by atoms with Gasteiger partial charge in [-0.05, 0) is 20.8 Å². The van der Waals surface area contributed by atoms with Crippen LogP contribution in [-0.2, 0) is 9.59 Å². The highest BCUT2D eigenvalue weighted by Crippen LogP contribution is 2.18. The molecule has 0 aromatic carbocycles. The first kappa shape index (κ1) is 17.3. The maximum Gasteiger partial charge on any atom is 0.233 e. The Labute approximate surface area is 117 Å². The summed E-state index contributed by atoms with van der Waals surface area (Å²) in [6.07, 6.45) is 0. The van der Waals surface area contributed by atoms with E-state index in [4.69, 9.17) is 17.3 Å². The van der Waals surface area contributed by atoms with Gasteiger partial charge >= 0.3 is 0 Å². The van der Waals surface area contributed by atoms with Crippen molar-refractivity contribution in [3.05, 3.63) is 0 Å². The number of aliphatic hydroxyl groups is 1. The Balaban J connectivity index is 4.45. The smallest absolute Gasteiger partial charge is 0.233 e. The van der Waals surface area contributed by atoms with Gasteiger partial charge in [0.2, 0.25) is 11.8 Å². The molecular weight excluding hydrogens is 272 g/mol. The summed E-state index contributed by atoms with van der Waals surface area (Å²) < 4.78 is 0.393. The molecule has 1 atom stereocenters. The molecule has 0 bridgehead atoms. The molecule has 0 saturated carbocycles. The number of amides is 2. The summed E-state index contributed by atoms with van der Waals surface area (Å²) >= 11 is 6.34. The summed E-state index contributed by atoms with van der Waals surface area (Å²) in [6.45, 7) is 7.01. The van der Waals surface area contributed by atoms with E-state index < -0.39 is 5.25 Å². The number of aliphatic hydroxyl groups excluding tert-OH is 1. The fourth-order valence-electron chi connectivity index (χ4n) is 1.29. The largest absolute Gasteiger partial charge is 0.395 e. The van der Waals surface area contributed by atoms with Crippen molar-refractivity contribution >= 4 is 40.1 Å². The fourth-order valence-corrected chi connectivity index (χ4v) is 3.01. The lowest BCUT2D eigenvalue weighted by Gasteiger charge is -2.26. The van der Waals surface area contributed by atoms with Crippen molar-refractivity contribution in [3.63, 3.8) is 0 Å². The first-order chi connectivity index (χ1) is 8.31. The van der Waals surface area contributed by atoms with Crippen LogP contribution in [0.1, 0.15) is 27.7 Å². The molecule has 0 fully saturated rings. The van der Waals surface area contributed by atoms with Crippen molar-refractivity contribution in [2.75, 3.05) is 13.2 Å². The molecule has 104 valence electrons. The van der Waals surface area contributed by atoms with E-state index in [1.807, 2.05) is 13.8 Å². The summed E-state index contributed by atoms with van der Waals surface area (Å²) in [5.74, 6) is -0.339. The Bertz CT molecular complexity index is 321. The highest BCUT2D eigenvalue weighted by Gasteiger charge is 2.23. The van der Waals surface area contributed by atoms with E-state index in [9.17, 15) is 9.59 Å². The molecule has 2 amide bonds. The first-order valence-corrected chi connectivity index (χ1v) is 6.99. The second-order valence-corrected chi connectivity index (χ2v) is 6.00. The minimum atomic E-state index is -0.398. The lowest BCUT2D eigenvalue weighted by Crippen LogP contribution is -2.40. The van der Waals surface area contributed by atoms with Crippen LogP contribution in [0.15, 0.2) is 0 Å². The average Bonchev–Trinajstić information content (AvgIpc) is 2.24. The Hall–Kier alpha value is -0.660. The lowest BCUT2D eigenvalue weighted by atomic mass is 10.3. The molecule has 0 heterocycles. The maximum absolute atomic E-state index is 11.6. The van der Waals surface area contributed by atoms with E-state index in [0.29, 0.717) is 4.32 Å². The Kier molecular flexibility index (Phi) is 8.13. The standard InChI is InChI=1S/C11H20N2O3S2/c1-7(2)13(9(4)15)11(17)18-8(3)10(16)12-5-6-14/h7-8,14H,5-6H2,1-4H3,(H,12,16). The molecule has 0 aromatic heterocycles. The van der Waals surface area contributed by atoms with Gasteiger partial charge in [0.05, 0.1) is 11.9 Å². The van der Waals surface area contributed by atoms with Gasteiger partial charge in [0, 0.05) is 19.5 Å². The Morgan fingerprint density at radius 3 is 2.33 bits per heavy atom. The second kappa shape index (κ2) is 8.44. The van der Waals surface area contributed by atoms with Gasteiger partial charge in [0.15, 0.2) is 0 Å². The van der Waals surface area contributed by atoms with Gasteiger partial charge in [0.1, 0.15) is 4.32 Å². The number of carbonyl (C=O) groups excluding carboxylic acids is 2. The van der Waals surface area contributed by atoms with Crippen LogP contribution in [0.4, 0.5) is 0 Å². The highest BCUT2D eigenvalue weighted by molar-refractivity contribution is 8.23. The van der Waals surface area contributed by atoms with E-state index in [0.717, 1.165) is 0 Å². The molecule has 0 saturated heterocycles. The molecule has 0 spiro atoms. The number of hydrogen-bond acceptors (Lipinski definition) is 5. The molecule has 2 N–H and O–H groups in total. The van der Waals surface area contributed by atoms with Crippen molar-refractivity contribution in [2.24, 2.45) is 0 Å². The fraction of sp³-hybridized carbons (Fsp3) is 0.727. The number of nitrogens with one attached hydrogen (secondary N) is 1. The molecular formula is C11H20N2O3S2. The summed E-state index contributed by atoms with van der Waals surface area (Å²) in [5, 5.41) is 10.8. The monoisotopic (exact) mass is 292 g/mol. The summed E-state index contributed by atoms with van der Waals surface area (Å²) in [4.78, 5) is 24.5. The van der Waals surface area contributed by atoms with Crippen LogP contribution in [0, 0.1) is 0 Å². The molecule has 0 aliphatic carbocycles. The van der Waals surface area contributed by atoms with E-state index in [-0.39, 0.29) is 31.0 Å². The van der Waals surface area contributed by atoms with Gasteiger partial charge < -0.3 is 10.4 Å². The lowest BCUT2D eigenvalue weighted by molar-refractivity contribution is -0.126. The van der Waals surface area contributed by atoms with Crippen LogP contribution in [0.5, 0.6) is 0 Å². The minimum absolute atomic E-state index is 0.0322. The SMILES string of the molecule is CC(=O)N(C(=S)SC(C)C(=O)NCCO)C(C)C. The van der Waals surface area contributed by atoms with Crippen LogP contribution in [-0.4, -0.2) is 50.6 Å². The third-order valence-corrected chi connectivity index (χ3v) is 3.56. The van der Waals surface area contributed by atoms with Crippen molar-refractivity contribution in [1.82, 2.24) is 10.2 Å². The number of carbonyl (C=O) groups is 2. The molecule has 0 aliphatic rings. The molecule has 18 heavy (non-hydrogen) atoms. The van der Waals surface area contributed by atoms with Gasteiger partial charge in [-0.25, -0.2) is 0 Å². The third kappa shape index (κ3) is 5.79. The summed E-state index contributed by atoms with van der Waals surface area (Å²) in [5.41, 5.74) is 0. The predicted molar refractivity (Wildman–Crippen MR) is 77.4 cm³/mol. The maximum atomic E-state index is 11.6. The van der Waals surface area contributed by atoms with E-state index in [1.54, 1.807) is 6.92 Å². The van der Waals surface area contributed by atoms with E-state index >= 15 is 0 Å². The molecule has 0 aromatic rings. The van der Waals surface area contributed by atoms with Crippen molar-refractivity contribution in [1.29, 1.82) is 0 Å². The van der Waals surface area contributed by atoms with Crippen LogP contribution in [0.25, 0.3) is 0 Å². The minimum Gasteiger partial charge on any atom is -0.395 e. The summed E-state index contributed by atoms with van der Waals surface area (Å²) in [6, 6.07) is -0.0322. The Morgan fingerprint density at radius 2 is 1.94 bits per heavy atom. The quantitative estimate of drug-likeness (QED) is 0.732. The Morgan fingerprint density at radius 1 is 1.39 bits per heavy atom. The van der Waals surface area contributed by atoms with Crippen LogP contribution in [0.2, 0.25) is 0 Å². The average molecular weight is 292 g/mol. The molecule has 0 radical (unpaired) electrons. The van der Waals surface area contributed by atoms with Crippen LogP contribution in [0.3, 0.4) is 0 Å². The first-order valence-electron chi connectivity index (χ1n) is 5.70. The number of hydrogen-bond donors (Lipinski definition) is 2. The second-order valence-electron chi connectivity index (χ2n) is 4.02. The van der Waals surface area contributed by atoms with Gasteiger partial charge in [-0.3, -0.25) is 14.5 Å². The third-order valence-electron chi connectivity index (χ3n) is 2.11. The van der Waals surface area contributed by atoms with Crippen molar-refractivity contribution in [2.45, 2.75) is 39.0 Å². The summed E-state index contributed by atoms with van der Waals surface area (Å²) in [7, 11) is 0. The van der Waals surface area contributed by atoms with Gasteiger partial charge in [-0.1, -0.05) is 24.0 Å². The zero-order chi connectivity index (χ0) is 14.3. The number of rotatable bonds is 5. The molecule has 0 rings (SSSR count). The molecule has 0 aliphatic heterocycles. The number of thiocarbonyl (C=S) groups is 1. The molecule has 5 nitrogen and oxygen atoms in total. The van der Waals surface area contributed by atoms with E-state index in [1.165, 1.54) is 23.6 Å². The van der Waals surface area contributed by atoms with Gasteiger partial charge in [0.25, 0.3) is 0 Å². The van der Waals surface area contributed by atoms with Gasteiger partial charge in [-0.2, -0.15) is 0 Å². The highest BCUT2D eigenvalue weighted by atomic mass is 32.2. The predicted octanol–water partition coefficient (Wildman–Crippen LogP) is 0.758. The number of nitrogens with zero attached hydrogens (tertiary/aromatic N) is 1. The molecule has 7 heteroatoms. The van der Waals surface area contributed by atoms with Gasteiger partial charge in [-0.15, -0.1) is 0 Å². The van der Waals surface area contributed by atoms with Crippen molar-refractivity contribution in [3.8, 4) is 0 Å². The zero-order valence-electron chi connectivity index (χ0n) is 11.1. The van der Waals surface area contributed by atoms with Crippen LogP contribution < -0.4 is 5.32 Å². The zero-order valence-corrected chi connectivity index (χ0v) is 12.7. The topological polar surface area (TPSA) is 69.6 Å². The number of thioether (sulfide) groups is 1.